The lowest BCUT2D eigenvalue weighted by molar-refractivity contribution is 0.0602. The molecule has 0 spiro atoms. The van der Waals surface area contributed by atoms with Crippen LogP contribution in [0.25, 0.3) is 0 Å². The van der Waals surface area contributed by atoms with Crippen LogP contribution in [0.15, 0.2) is 67.0 Å². The monoisotopic (exact) mass is 376 g/mol. The summed E-state index contributed by atoms with van der Waals surface area (Å²) in [5, 5.41) is 5.88. The molecule has 0 fully saturated rings. The van der Waals surface area contributed by atoms with Gasteiger partial charge in [-0.25, -0.2) is 14.8 Å². The third-order valence-corrected chi connectivity index (χ3v) is 4.04. The number of methoxy groups -OCH3 is 1. The first kappa shape index (κ1) is 19.0. The van der Waals surface area contributed by atoms with E-state index < -0.39 is 11.9 Å². The molecule has 2 N–H and O–H groups in total. The number of ether oxygens (including phenoxy) is 1. The van der Waals surface area contributed by atoms with Crippen LogP contribution in [0, 0.1) is 0 Å². The number of amides is 1. The third kappa shape index (κ3) is 4.91. The third-order valence-electron chi connectivity index (χ3n) is 4.04. The summed E-state index contributed by atoms with van der Waals surface area (Å²) >= 11 is 0. The molecule has 0 unspecified atom stereocenters. The summed E-state index contributed by atoms with van der Waals surface area (Å²) in [7, 11) is 1.29. The minimum absolute atomic E-state index is 0.192. The van der Waals surface area contributed by atoms with Gasteiger partial charge in [0.15, 0.2) is 0 Å². The predicted molar refractivity (Wildman–Crippen MR) is 106 cm³/mol. The van der Waals surface area contributed by atoms with Crippen LogP contribution in [-0.4, -0.2) is 35.5 Å². The molecule has 1 amide bonds. The second-order valence-corrected chi connectivity index (χ2v) is 5.94. The zero-order valence-electron chi connectivity index (χ0n) is 15.4. The van der Waals surface area contributed by atoms with Crippen molar-refractivity contribution in [2.24, 2.45) is 0 Å². The standard InChI is InChI=1S/C21H20N4O3/c1-28-21(27)16-9-5-6-10-17(16)25-20(26)18-13-19(24-14-23-18)22-12-11-15-7-3-2-4-8-15/h2-10,13-14H,11-12H2,1H3,(H,25,26)(H,22,23,24). The van der Waals surface area contributed by atoms with E-state index in [0.717, 1.165) is 6.42 Å². The van der Waals surface area contributed by atoms with Crippen LogP contribution in [0.5, 0.6) is 0 Å². The molecule has 3 aromatic rings. The summed E-state index contributed by atoms with van der Waals surface area (Å²) in [6.45, 7) is 0.674. The number of esters is 1. The smallest absolute Gasteiger partial charge is 0.339 e. The Morgan fingerprint density at radius 2 is 1.75 bits per heavy atom. The molecule has 142 valence electrons. The topological polar surface area (TPSA) is 93.2 Å². The van der Waals surface area contributed by atoms with Gasteiger partial charge < -0.3 is 15.4 Å². The van der Waals surface area contributed by atoms with Gasteiger partial charge in [-0.15, -0.1) is 0 Å². The first-order chi connectivity index (χ1) is 13.7. The van der Waals surface area contributed by atoms with Gasteiger partial charge in [-0.05, 0) is 24.1 Å². The lowest BCUT2D eigenvalue weighted by atomic mass is 10.1. The molecule has 0 aliphatic heterocycles. The van der Waals surface area contributed by atoms with Gasteiger partial charge in [-0.1, -0.05) is 42.5 Å². The maximum atomic E-state index is 12.5. The molecule has 0 atom stereocenters. The lowest BCUT2D eigenvalue weighted by Crippen LogP contribution is -2.17. The van der Waals surface area contributed by atoms with E-state index in [-0.39, 0.29) is 11.3 Å². The summed E-state index contributed by atoms with van der Waals surface area (Å²) in [6.07, 6.45) is 2.16. The van der Waals surface area contributed by atoms with Crippen LogP contribution < -0.4 is 10.6 Å². The van der Waals surface area contributed by atoms with Gasteiger partial charge in [-0.3, -0.25) is 4.79 Å². The van der Waals surface area contributed by atoms with E-state index in [1.807, 2.05) is 18.2 Å². The number of benzene rings is 2. The molecule has 0 bridgehead atoms. The van der Waals surface area contributed by atoms with E-state index in [4.69, 9.17) is 4.74 Å². The highest BCUT2D eigenvalue weighted by Crippen LogP contribution is 2.17. The zero-order chi connectivity index (χ0) is 19.8. The van der Waals surface area contributed by atoms with Crippen molar-refractivity contribution in [1.29, 1.82) is 0 Å². The van der Waals surface area contributed by atoms with Crippen LogP contribution in [0.3, 0.4) is 0 Å². The number of hydrogen-bond donors (Lipinski definition) is 2. The van der Waals surface area contributed by atoms with E-state index in [1.165, 1.54) is 19.0 Å². The van der Waals surface area contributed by atoms with Crippen molar-refractivity contribution in [3.05, 3.63) is 83.8 Å². The van der Waals surface area contributed by atoms with E-state index in [1.54, 1.807) is 30.3 Å². The number of hydrogen-bond acceptors (Lipinski definition) is 6. The maximum Gasteiger partial charge on any atom is 0.339 e. The second kappa shape index (κ2) is 9.27. The number of rotatable bonds is 7. The minimum atomic E-state index is -0.526. The lowest BCUT2D eigenvalue weighted by Gasteiger charge is -2.10. The van der Waals surface area contributed by atoms with E-state index >= 15 is 0 Å². The van der Waals surface area contributed by atoms with E-state index in [9.17, 15) is 9.59 Å². The van der Waals surface area contributed by atoms with E-state index in [0.29, 0.717) is 18.1 Å². The van der Waals surface area contributed by atoms with Gasteiger partial charge in [0.25, 0.3) is 5.91 Å². The average Bonchev–Trinajstić information content (AvgIpc) is 2.74. The van der Waals surface area contributed by atoms with Gasteiger partial charge >= 0.3 is 5.97 Å². The van der Waals surface area contributed by atoms with Crippen molar-refractivity contribution in [3.63, 3.8) is 0 Å². The molecule has 7 nitrogen and oxygen atoms in total. The van der Waals surface area contributed by atoms with Crippen LogP contribution in [0.1, 0.15) is 26.4 Å². The Kier molecular flexibility index (Phi) is 6.30. The minimum Gasteiger partial charge on any atom is -0.465 e. The van der Waals surface area contributed by atoms with E-state index in [2.05, 4.69) is 32.7 Å². The van der Waals surface area contributed by atoms with Crippen molar-refractivity contribution >= 4 is 23.4 Å². The molecule has 28 heavy (non-hydrogen) atoms. The Morgan fingerprint density at radius 1 is 1.00 bits per heavy atom. The number of carbonyl (C=O) groups is 2. The summed E-state index contributed by atoms with van der Waals surface area (Å²) in [5.74, 6) is -0.413. The van der Waals surface area contributed by atoms with Crippen molar-refractivity contribution in [2.75, 3.05) is 24.3 Å². The predicted octanol–water partition coefficient (Wildman–Crippen LogP) is 3.17. The SMILES string of the molecule is COC(=O)c1ccccc1NC(=O)c1cc(NCCc2ccccc2)ncn1. The van der Waals surface area contributed by atoms with Gasteiger partial charge in [0.1, 0.15) is 17.8 Å². The Bertz CT molecular complexity index is 961. The van der Waals surface area contributed by atoms with Crippen LogP contribution >= 0.6 is 0 Å². The highest BCUT2D eigenvalue weighted by molar-refractivity contribution is 6.07. The van der Waals surface area contributed by atoms with Gasteiger partial charge in [0, 0.05) is 12.6 Å². The second-order valence-electron chi connectivity index (χ2n) is 5.94. The van der Waals surface area contributed by atoms with Crippen LogP contribution in [0.4, 0.5) is 11.5 Å². The van der Waals surface area contributed by atoms with Gasteiger partial charge in [-0.2, -0.15) is 0 Å². The maximum absolute atomic E-state index is 12.5. The molecular weight excluding hydrogens is 356 g/mol. The van der Waals surface area contributed by atoms with Crippen LogP contribution in [-0.2, 0) is 11.2 Å². The molecule has 2 aromatic carbocycles. The molecule has 1 aromatic heterocycles. The molecule has 7 heteroatoms. The highest BCUT2D eigenvalue weighted by Gasteiger charge is 2.15. The largest absolute Gasteiger partial charge is 0.465 e. The molecule has 3 rings (SSSR count). The van der Waals surface area contributed by atoms with Crippen LogP contribution in [0.2, 0.25) is 0 Å². The number of para-hydroxylation sites is 1. The molecule has 1 heterocycles. The summed E-state index contributed by atoms with van der Waals surface area (Å²) < 4.78 is 4.74. The molecule has 0 aliphatic carbocycles. The Hall–Kier alpha value is -3.74. The van der Waals surface area contributed by atoms with Crippen molar-refractivity contribution < 1.29 is 14.3 Å². The number of nitrogens with one attached hydrogen (secondary N) is 2. The molecule has 0 aliphatic rings. The summed E-state index contributed by atoms with van der Waals surface area (Å²) in [5.41, 5.74) is 2.03. The number of nitrogens with zero attached hydrogens (tertiary/aromatic N) is 2. The first-order valence-electron chi connectivity index (χ1n) is 8.76. The van der Waals surface area contributed by atoms with Gasteiger partial charge in [0.05, 0.1) is 18.4 Å². The van der Waals surface area contributed by atoms with Gasteiger partial charge in [0.2, 0.25) is 0 Å². The zero-order valence-corrected chi connectivity index (χ0v) is 15.4. The summed E-state index contributed by atoms with van der Waals surface area (Å²) in [4.78, 5) is 32.5. The number of anilines is 2. The molecule has 0 saturated heterocycles. The summed E-state index contributed by atoms with van der Waals surface area (Å²) in [6, 6.07) is 18.3. The fraction of sp³-hybridized carbons (Fsp3) is 0.143. The highest BCUT2D eigenvalue weighted by atomic mass is 16.5. The fourth-order valence-electron chi connectivity index (χ4n) is 2.62. The Morgan fingerprint density at radius 3 is 2.54 bits per heavy atom. The molecule has 0 saturated carbocycles. The molecular formula is C21H20N4O3. The van der Waals surface area contributed by atoms with Crippen molar-refractivity contribution in [3.8, 4) is 0 Å². The Balaban J connectivity index is 1.65. The average molecular weight is 376 g/mol. The molecule has 0 radical (unpaired) electrons. The van der Waals surface area contributed by atoms with Crippen molar-refractivity contribution in [2.45, 2.75) is 6.42 Å². The quantitative estimate of drug-likeness (QED) is 0.615. The normalized spacial score (nSPS) is 10.2. The fourth-order valence-corrected chi connectivity index (χ4v) is 2.62. The van der Waals surface area contributed by atoms with Crippen molar-refractivity contribution in [1.82, 2.24) is 9.97 Å². The number of aromatic nitrogens is 2. The Labute approximate surface area is 162 Å². The first-order valence-corrected chi connectivity index (χ1v) is 8.76. The number of carbonyl (C=O) groups excluding carboxylic acids is 2.